The quantitative estimate of drug-likeness (QED) is 0.695. The predicted molar refractivity (Wildman–Crippen MR) is 46.5 cm³/mol. The minimum Gasteiger partial charge on any atom is -0.258 e. The van der Waals surface area contributed by atoms with Gasteiger partial charge in [0.2, 0.25) is 0 Å². The molecule has 0 N–H and O–H groups in total. The number of rotatable bonds is 2. The van der Waals surface area contributed by atoms with Gasteiger partial charge in [-0.3, -0.25) is 4.98 Å². The van der Waals surface area contributed by atoms with Crippen LogP contribution < -0.4 is 0 Å². The maximum atomic E-state index is 13.4. The number of nitrogens with zero attached hydrogens (tertiary/aromatic N) is 1. The summed E-state index contributed by atoms with van der Waals surface area (Å²) in [6, 6.07) is 5.23. The molecule has 1 atom stereocenters. The average Bonchev–Trinajstić information content (AvgIpc) is 2.06. The summed E-state index contributed by atoms with van der Waals surface area (Å²) in [5.74, 6) is 0. The van der Waals surface area contributed by atoms with Crippen LogP contribution >= 0.6 is 15.9 Å². The van der Waals surface area contributed by atoms with Crippen LogP contribution in [0.15, 0.2) is 24.4 Å². The standard InChI is InChI=1S/C8H9BrFN/c1-8(10,6-9)7-4-2-3-5-11-7/h2-5H,6H2,1H3/t8-/m1/s1. The van der Waals surface area contributed by atoms with E-state index in [4.69, 9.17) is 0 Å². The second-order valence-corrected chi connectivity index (χ2v) is 3.11. The number of hydrogen-bond acceptors (Lipinski definition) is 1. The molecular weight excluding hydrogens is 209 g/mol. The third kappa shape index (κ3) is 1.99. The van der Waals surface area contributed by atoms with Gasteiger partial charge in [-0.2, -0.15) is 0 Å². The van der Waals surface area contributed by atoms with Gasteiger partial charge in [-0.25, -0.2) is 4.39 Å². The normalized spacial score (nSPS) is 15.9. The topological polar surface area (TPSA) is 12.9 Å². The van der Waals surface area contributed by atoms with Gasteiger partial charge >= 0.3 is 0 Å². The van der Waals surface area contributed by atoms with Crippen molar-refractivity contribution < 1.29 is 4.39 Å². The van der Waals surface area contributed by atoms with Crippen molar-refractivity contribution in [3.05, 3.63) is 30.1 Å². The van der Waals surface area contributed by atoms with Crippen LogP contribution in [0.4, 0.5) is 4.39 Å². The molecule has 0 fully saturated rings. The van der Waals surface area contributed by atoms with Crippen LogP contribution in [0.25, 0.3) is 0 Å². The molecule has 0 aliphatic rings. The van der Waals surface area contributed by atoms with E-state index in [1.807, 2.05) is 0 Å². The minimum atomic E-state index is -1.36. The third-order valence-corrected chi connectivity index (χ3v) is 2.50. The molecule has 0 aromatic carbocycles. The van der Waals surface area contributed by atoms with E-state index in [0.29, 0.717) is 5.69 Å². The average molecular weight is 218 g/mol. The highest BCUT2D eigenvalue weighted by atomic mass is 79.9. The van der Waals surface area contributed by atoms with Crippen molar-refractivity contribution in [2.75, 3.05) is 5.33 Å². The molecule has 0 bridgehead atoms. The van der Waals surface area contributed by atoms with Gasteiger partial charge in [0.05, 0.1) is 5.69 Å². The zero-order valence-corrected chi connectivity index (χ0v) is 7.81. The number of alkyl halides is 2. The fourth-order valence-corrected chi connectivity index (χ4v) is 1.03. The van der Waals surface area contributed by atoms with Gasteiger partial charge in [-0.05, 0) is 19.1 Å². The molecule has 0 saturated heterocycles. The predicted octanol–water partition coefficient (Wildman–Crippen LogP) is 2.66. The van der Waals surface area contributed by atoms with Gasteiger partial charge in [0, 0.05) is 11.5 Å². The Balaban J connectivity index is 2.93. The zero-order valence-electron chi connectivity index (χ0n) is 6.22. The van der Waals surface area contributed by atoms with E-state index < -0.39 is 5.67 Å². The summed E-state index contributed by atoms with van der Waals surface area (Å²) in [4.78, 5) is 3.92. The van der Waals surface area contributed by atoms with E-state index in [0.717, 1.165) is 0 Å². The first-order valence-electron chi connectivity index (χ1n) is 3.33. The van der Waals surface area contributed by atoms with E-state index in [1.165, 1.54) is 6.92 Å². The second-order valence-electron chi connectivity index (χ2n) is 2.55. The number of halogens is 2. The molecule has 0 saturated carbocycles. The first kappa shape index (κ1) is 8.65. The molecule has 0 spiro atoms. The van der Waals surface area contributed by atoms with Crippen molar-refractivity contribution in [1.29, 1.82) is 0 Å². The lowest BCUT2D eigenvalue weighted by Gasteiger charge is -2.15. The summed E-state index contributed by atoms with van der Waals surface area (Å²) in [6.45, 7) is 1.50. The first-order chi connectivity index (χ1) is 5.17. The van der Waals surface area contributed by atoms with Crippen LogP contribution in [0.1, 0.15) is 12.6 Å². The summed E-state index contributed by atoms with van der Waals surface area (Å²) in [5, 5.41) is 0.275. The molecule has 0 aliphatic carbocycles. The summed E-state index contributed by atoms with van der Waals surface area (Å²) < 4.78 is 13.4. The Labute approximate surface area is 73.8 Å². The Hall–Kier alpha value is -0.440. The van der Waals surface area contributed by atoms with Crippen molar-refractivity contribution in [2.45, 2.75) is 12.6 Å². The Morgan fingerprint density at radius 2 is 2.36 bits per heavy atom. The first-order valence-corrected chi connectivity index (χ1v) is 4.45. The van der Waals surface area contributed by atoms with Crippen molar-refractivity contribution in [3.8, 4) is 0 Å². The van der Waals surface area contributed by atoms with E-state index >= 15 is 0 Å². The number of aromatic nitrogens is 1. The highest BCUT2D eigenvalue weighted by Crippen LogP contribution is 2.24. The molecule has 1 nitrogen and oxygen atoms in total. The maximum Gasteiger partial charge on any atom is 0.159 e. The lowest BCUT2D eigenvalue weighted by atomic mass is 10.1. The Bertz CT molecular complexity index is 223. The molecule has 1 rings (SSSR count). The Kier molecular flexibility index (Phi) is 2.60. The van der Waals surface area contributed by atoms with Crippen LogP contribution in [0.2, 0.25) is 0 Å². The molecule has 11 heavy (non-hydrogen) atoms. The van der Waals surface area contributed by atoms with Crippen LogP contribution in [0, 0.1) is 0 Å². The molecular formula is C8H9BrFN. The van der Waals surface area contributed by atoms with Crippen LogP contribution in [0.3, 0.4) is 0 Å². The summed E-state index contributed by atoms with van der Waals surface area (Å²) >= 11 is 3.09. The molecule has 1 aromatic rings. The number of hydrogen-bond donors (Lipinski definition) is 0. The summed E-state index contributed by atoms with van der Waals surface area (Å²) in [7, 11) is 0. The second kappa shape index (κ2) is 3.30. The van der Waals surface area contributed by atoms with Crippen LogP contribution in [-0.4, -0.2) is 10.3 Å². The van der Waals surface area contributed by atoms with Crippen LogP contribution in [0.5, 0.6) is 0 Å². The monoisotopic (exact) mass is 217 g/mol. The largest absolute Gasteiger partial charge is 0.258 e. The lowest BCUT2D eigenvalue weighted by Crippen LogP contribution is -2.18. The van der Waals surface area contributed by atoms with Crippen molar-refractivity contribution in [3.63, 3.8) is 0 Å². The van der Waals surface area contributed by atoms with Gasteiger partial charge < -0.3 is 0 Å². The Morgan fingerprint density at radius 3 is 2.82 bits per heavy atom. The van der Waals surface area contributed by atoms with Crippen molar-refractivity contribution >= 4 is 15.9 Å². The molecule has 3 heteroatoms. The molecule has 1 aromatic heterocycles. The highest BCUT2D eigenvalue weighted by Gasteiger charge is 2.24. The van der Waals surface area contributed by atoms with E-state index in [1.54, 1.807) is 24.4 Å². The lowest BCUT2D eigenvalue weighted by molar-refractivity contribution is 0.223. The highest BCUT2D eigenvalue weighted by molar-refractivity contribution is 9.09. The van der Waals surface area contributed by atoms with Gasteiger partial charge in [-0.1, -0.05) is 22.0 Å². The van der Waals surface area contributed by atoms with E-state index in [9.17, 15) is 4.39 Å². The molecule has 1 heterocycles. The molecule has 0 unspecified atom stereocenters. The third-order valence-electron chi connectivity index (χ3n) is 1.45. The van der Waals surface area contributed by atoms with Gasteiger partial charge in [0.25, 0.3) is 0 Å². The van der Waals surface area contributed by atoms with Gasteiger partial charge in [-0.15, -0.1) is 0 Å². The van der Waals surface area contributed by atoms with E-state index in [-0.39, 0.29) is 5.33 Å². The molecule has 0 aliphatic heterocycles. The fourth-order valence-electron chi connectivity index (χ4n) is 0.740. The summed E-state index contributed by atoms with van der Waals surface area (Å²) in [6.07, 6.45) is 1.59. The maximum absolute atomic E-state index is 13.4. The Morgan fingerprint density at radius 1 is 1.64 bits per heavy atom. The molecule has 0 amide bonds. The zero-order chi connectivity index (χ0) is 8.32. The smallest absolute Gasteiger partial charge is 0.159 e. The number of pyridine rings is 1. The van der Waals surface area contributed by atoms with Gasteiger partial charge in [0.1, 0.15) is 0 Å². The summed E-state index contributed by atoms with van der Waals surface area (Å²) in [5.41, 5.74) is -0.891. The fraction of sp³-hybridized carbons (Fsp3) is 0.375. The van der Waals surface area contributed by atoms with Crippen molar-refractivity contribution in [2.24, 2.45) is 0 Å². The molecule has 0 radical (unpaired) electrons. The van der Waals surface area contributed by atoms with Crippen LogP contribution in [-0.2, 0) is 5.67 Å². The van der Waals surface area contributed by atoms with E-state index in [2.05, 4.69) is 20.9 Å². The minimum absolute atomic E-state index is 0.275. The van der Waals surface area contributed by atoms with Gasteiger partial charge in [0.15, 0.2) is 5.67 Å². The SMILES string of the molecule is C[C@@](F)(CBr)c1ccccn1. The molecule has 60 valence electrons. The van der Waals surface area contributed by atoms with Crippen molar-refractivity contribution in [1.82, 2.24) is 4.98 Å².